The van der Waals surface area contributed by atoms with E-state index in [4.69, 9.17) is 4.74 Å². The molecular formula is C28H42N2O3. The highest BCUT2D eigenvalue weighted by Gasteiger charge is 2.36. The Balaban J connectivity index is 1.59. The number of carbonyl (C=O) groups excluding carboxylic acids is 2. The van der Waals surface area contributed by atoms with Crippen molar-refractivity contribution in [3.8, 4) is 5.75 Å². The first-order valence-corrected chi connectivity index (χ1v) is 13.4. The summed E-state index contributed by atoms with van der Waals surface area (Å²) in [6, 6.07) is 7.78. The second-order valence-corrected chi connectivity index (χ2v) is 10.4. The summed E-state index contributed by atoms with van der Waals surface area (Å²) in [4.78, 5) is 30.8. The van der Waals surface area contributed by atoms with E-state index in [0.717, 1.165) is 70.9 Å². The molecule has 0 radical (unpaired) electrons. The van der Waals surface area contributed by atoms with Crippen LogP contribution in [0, 0.1) is 5.92 Å². The molecule has 0 aromatic heterocycles. The number of carbonyl (C=O) groups is 2. The van der Waals surface area contributed by atoms with Crippen molar-refractivity contribution in [1.82, 2.24) is 9.80 Å². The summed E-state index contributed by atoms with van der Waals surface area (Å²) in [5, 5.41) is 0. The molecule has 0 N–H and O–H groups in total. The Morgan fingerprint density at radius 3 is 2.36 bits per heavy atom. The van der Waals surface area contributed by atoms with E-state index in [0.29, 0.717) is 29.6 Å². The highest BCUT2D eigenvalue weighted by atomic mass is 16.5. The Hall–Kier alpha value is -2.04. The standard InChI is InChI=1S/C28H42N2O3/c1-29-19-11-3-2-4-12-20-30(27(31)21-22-13-5-6-14-22)24-16-8-10-18-26(24)33-25-17-9-7-15-23(25)28(29)32/h7,9,15,17,22,24,26H,2-6,8,10-14,16,18-21H2,1H3/t24-,26+/m1/s1. The third kappa shape index (κ3) is 6.30. The maximum absolute atomic E-state index is 13.6. The molecule has 0 bridgehead atoms. The summed E-state index contributed by atoms with van der Waals surface area (Å²) in [7, 11) is 1.89. The molecule has 2 fully saturated rings. The normalized spacial score (nSPS) is 26.0. The van der Waals surface area contributed by atoms with Crippen molar-refractivity contribution in [2.24, 2.45) is 5.92 Å². The number of hydrogen-bond acceptors (Lipinski definition) is 3. The summed E-state index contributed by atoms with van der Waals surface area (Å²) in [5.74, 6) is 1.59. The fraction of sp³-hybridized carbons (Fsp3) is 0.714. The van der Waals surface area contributed by atoms with Crippen LogP contribution in [0.15, 0.2) is 24.3 Å². The maximum atomic E-state index is 13.6. The van der Waals surface area contributed by atoms with Crippen molar-refractivity contribution in [3.63, 3.8) is 0 Å². The molecule has 1 aromatic carbocycles. The molecule has 2 saturated carbocycles. The number of amides is 2. The number of nitrogens with zero attached hydrogens (tertiary/aromatic N) is 2. The topological polar surface area (TPSA) is 49.9 Å². The van der Waals surface area contributed by atoms with Crippen molar-refractivity contribution in [2.75, 3.05) is 20.1 Å². The monoisotopic (exact) mass is 454 g/mol. The number of benzene rings is 1. The first-order valence-electron chi connectivity index (χ1n) is 13.4. The zero-order valence-corrected chi connectivity index (χ0v) is 20.5. The van der Waals surface area contributed by atoms with Crippen LogP contribution < -0.4 is 4.74 Å². The van der Waals surface area contributed by atoms with Crippen LogP contribution in [0.5, 0.6) is 5.75 Å². The SMILES string of the molecule is CN1CCCCCCCN(C(=O)CC2CCCC2)[C@@H]2CCCC[C@@H]2Oc2ccccc2C1=O. The van der Waals surface area contributed by atoms with Gasteiger partial charge in [-0.05, 0) is 63.0 Å². The van der Waals surface area contributed by atoms with E-state index in [1.165, 1.54) is 25.7 Å². The Kier molecular flexibility index (Phi) is 8.69. The minimum Gasteiger partial charge on any atom is -0.487 e. The molecule has 1 aliphatic heterocycles. The van der Waals surface area contributed by atoms with Crippen molar-refractivity contribution < 1.29 is 14.3 Å². The van der Waals surface area contributed by atoms with E-state index < -0.39 is 0 Å². The number of para-hydroxylation sites is 1. The zero-order chi connectivity index (χ0) is 23.0. The van der Waals surface area contributed by atoms with E-state index in [-0.39, 0.29) is 18.1 Å². The van der Waals surface area contributed by atoms with Gasteiger partial charge in [-0.15, -0.1) is 0 Å². The first-order chi connectivity index (χ1) is 16.1. The molecule has 1 heterocycles. The summed E-state index contributed by atoms with van der Waals surface area (Å²) < 4.78 is 6.60. The Morgan fingerprint density at radius 1 is 0.879 bits per heavy atom. The predicted octanol–water partition coefficient (Wildman–Crippen LogP) is 5.82. The van der Waals surface area contributed by atoms with Gasteiger partial charge in [-0.25, -0.2) is 0 Å². The van der Waals surface area contributed by atoms with Gasteiger partial charge in [0.05, 0.1) is 11.6 Å². The fourth-order valence-electron chi connectivity index (χ4n) is 6.00. The highest BCUT2D eigenvalue weighted by molar-refractivity contribution is 5.96. The summed E-state index contributed by atoms with van der Waals surface area (Å²) in [6.07, 6.45) is 15.3. The second-order valence-electron chi connectivity index (χ2n) is 10.4. The molecule has 2 amide bonds. The second kappa shape index (κ2) is 11.9. The molecule has 33 heavy (non-hydrogen) atoms. The molecule has 182 valence electrons. The molecule has 0 unspecified atom stereocenters. The van der Waals surface area contributed by atoms with Crippen molar-refractivity contribution in [2.45, 2.75) is 102 Å². The Labute approximate surface area is 199 Å². The summed E-state index contributed by atoms with van der Waals surface area (Å²) in [5.41, 5.74) is 0.642. The minimum absolute atomic E-state index is 0.0296. The molecule has 2 aliphatic carbocycles. The molecule has 0 saturated heterocycles. The molecule has 4 rings (SSSR count). The summed E-state index contributed by atoms with van der Waals surface area (Å²) >= 11 is 0. The number of fused-ring (bicyclic) bond motifs is 2. The van der Waals surface area contributed by atoms with Crippen LogP contribution in [-0.4, -0.2) is 53.9 Å². The van der Waals surface area contributed by atoms with Crippen LogP contribution in [-0.2, 0) is 4.79 Å². The van der Waals surface area contributed by atoms with Gasteiger partial charge in [0.25, 0.3) is 5.91 Å². The van der Waals surface area contributed by atoms with Crippen LogP contribution in [0.2, 0.25) is 0 Å². The predicted molar refractivity (Wildman–Crippen MR) is 131 cm³/mol. The van der Waals surface area contributed by atoms with Gasteiger partial charge in [0.2, 0.25) is 5.91 Å². The lowest BCUT2D eigenvalue weighted by Gasteiger charge is -2.40. The number of rotatable bonds is 2. The van der Waals surface area contributed by atoms with Gasteiger partial charge >= 0.3 is 0 Å². The molecule has 1 aromatic rings. The summed E-state index contributed by atoms with van der Waals surface area (Å²) in [6.45, 7) is 1.61. The molecule has 5 heteroatoms. The molecule has 2 atom stereocenters. The lowest BCUT2D eigenvalue weighted by Crippen LogP contribution is -2.51. The van der Waals surface area contributed by atoms with Crippen LogP contribution in [0.4, 0.5) is 0 Å². The average molecular weight is 455 g/mol. The van der Waals surface area contributed by atoms with E-state index in [2.05, 4.69) is 4.90 Å². The number of hydrogen-bond donors (Lipinski definition) is 0. The van der Waals surface area contributed by atoms with E-state index >= 15 is 0 Å². The van der Waals surface area contributed by atoms with Gasteiger partial charge in [0.1, 0.15) is 11.9 Å². The van der Waals surface area contributed by atoms with Crippen LogP contribution in [0.25, 0.3) is 0 Å². The van der Waals surface area contributed by atoms with Crippen molar-refractivity contribution in [1.29, 1.82) is 0 Å². The highest BCUT2D eigenvalue weighted by Crippen LogP contribution is 2.33. The molecule has 0 spiro atoms. The Morgan fingerprint density at radius 2 is 1.55 bits per heavy atom. The average Bonchev–Trinajstić information content (AvgIpc) is 3.33. The number of ether oxygens (including phenoxy) is 1. The third-order valence-electron chi connectivity index (χ3n) is 7.96. The van der Waals surface area contributed by atoms with Crippen LogP contribution in [0.1, 0.15) is 100 Å². The fourth-order valence-corrected chi connectivity index (χ4v) is 6.00. The van der Waals surface area contributed by atoms with Gasteiger partial charge < -0.3 is 14.5 Å². The van der Waals surface area contributed by atoms with E-state index in [1.54, 1.807) is 0 Å². The van der Waals surface area contributed by atoms with Gasteiger partial charge in [-0.2, -0.15) is 0 Å². The molecular weight excluding hydrogens is 412 g/mol. The lowest BCUT2D eigenvalue weighted by molar-refractivity contribution is -0.138. The Bertz CT molecular complexity index is 789. The van der Waals surface area contributed by atoms with Gasteiger partial charge in [-0.1, -0.05) is 50.7 Å². The van der Waals surface area contributed by atoms with Crippen molar-refractivity contribution >= 4 is 11.8 Å². The van der Waals surface area contributed by atoms with Gasteiger partial charge in [0.15, 0.2) is 0 Å². The zero-order valence-electron chi connectivity index (χ0n) is 20.5. The maximum Gasteiger partial charge on any atom is 0.257 e. The first kappa shape index (κ1) is 24.1. The van der Waals surface area contributed by atoms with E-state index in [9.17, 15) is 9.59 Å². The third-order valence-corrected chi connectivity index (χ3v) is 7.96. The van der Waals surface area contributed by atoms with Crippen molar-refractivity contribution in [3.05, 3.63) is 29.8 Å². The van der Waals surface area contributed by atoms with Gasteiger partial charge in [0, 0.05) is 26.6 Å². The van der Waals surface area contributed by atoms with Crippen LogP contribution >= 0.6 is 0 Å². The minimum atomic E-state index is -0.0457. The smallest absolute Gasteiger partial charge is 0.257 e. The quantitative estimate of drug-likeness (QED) is 0.566. The van der Waals surface area contributed by atoms with Gasteiger partial charge in [-0.3, -0.25) is 9.59 Å². The lowest BCUT2D eigenvalue weighted by atomic mass is 9.90. The molecule has 3 aliphatic rings. The van der Waals surface area contributed by atoms with Crippen LogP contribution in [0.3, 0.4) is 0 Å². The molecule has 5 nitrogen and oxygen atoms in total. The van der Waals surface area contributed by atoms with E-state index in [1.807, 2.05) is 36.2 Å². The largest absolute Gasteiger partial charge is 0.487 e.